The molecule has 0 saturated heterocycles. The van der Waals surface area contributed by atoms with Crippen LogP contribution in [-0.2, 0) is 0 Å². The Labute approximate surface area is 113 Å². The number of hydrogen-bond acceptors (Lipinski definition) is 3. The molecule has 0 spiro atoms. The molecule has 0 radical (unpaired) electrons. The number of rotatable bonds is 2. The Balaban J connectivity index is 2.75. The summed E-state index contributed by atoms with van der Waals surface area (Å²) in [5.74, 6) is -1.06. The van der Waals surface area contributed by atoms with Crippen molar-refractivity contribution < 1.29 is 9.90 Å². The molecule has 0 aliphatic heterocycles. The van der Waals surface area contributed by atoms with Crippen molar-refractivity contribution in [2.24, 2.45) is 0 Å². The van der Waals surface area contributed by atoms with Gasteiger partial charge in [0, 0.05) is 21.2 Å². The highest BCUT2D eigenvalue weighted by Crippen LogP contribution is 2.36. The van der Waals surface area contributed by atoms with Gasteiger partial charge in [-0.15, -0.1) is 0 Å². The Hall–Kier alpha value is -1.78. The number of benzene rings is 1. The second-order valence-electron chi connectivity index (χ2n) is 3.53. The number of carboxylic acids is 1. The summed E-state index contributed by atoms with van der Waals surface area (Å²) < 4.78 is 0. The maximum Gasteiger partial charge on any atom is 0.355 e. The van der Waals surface area contributed by atoms with Crippen LogP contribution in [0.2, 0.25) is 10.0 Å². The van der Waals surface area contributed by atoms with Crippen molar-refractivity contribution in [1.82, 2.24) is 4.98 Å². The molecule has 92 valence electrons. The van der Waals surface area contributed by atoms with Gasteiger partial charge in [0.25, 0.3) is 0 Å². The van der Waals surface area contributed by atoms with Crippen molar-refractivity contribution >= 4 is 35.0 Å². The molecule has 0 aliphatic carbocycles. The Morgan fingerprint density at radius 1 is 1.17 bits per heavy atom. The van der Waals surface area contributed by atoms with Gasteiger partial charge in [-0.2, -0.15) is 0 Å². The third-order valence-corrected chi connectivity index (χ3v) is 2.98. The van der Waals surface area contributed by atoms with Gasteiger partial charge in [-0.25, -0.2) is 9.78 Å². The fourth-order valence-corrected chi connectivity index (χ4v) is 2.20. The summed E-state index contributed by atoms with van der Waals surface area (Å²) in [5, 5.41) is 9.84. The minimum Gasteiger partial charge on any atom is -0.476 e. The Kier molecular flexibility index (Phi) is 3.41. The molecule has 0 aliphatic rings. The molecule has 0 bridgehead atoms. The third-order valence-electron chi connectivity index (χ3n) is 2.35. The van der Waals surface area contributed by atoms with E-state index in [1.54, 1.807) is 24.3 Å². The van der Waals surface area contributed by atoms with Crippen molar-refractivity contribution in [1.29, 1.82) is 0 Å². The van der Waals surface area contributed by atoms with E-state index in [2.05, 4.69) is 4.98 Å². The van der Waals surface area contributed by atoms with Crippen LogP contribution in [0.3, 0.4) is 0 Å². The molecular weight excluding hydrogens is 275 g/mol. The van der Waals surface area contributed by atoms with E-state index in [1.807, 2.05) is 0 Å². The topological polar surface area (TPSA) is 76.2 Å². The number of carbonyl (C=O) groups is 1. The van der Waals surface area contributed by atoms with E-state index >= 15 is 0 Å². The van der Waals surface area contributed by atoms with E-state index in [-0.39, 0.29) is 11.5 Å². The minimum absolute atomic E-state index is 0.124. The molecule has 0 atom stereocenters. The molecule has 1 heterocycles. The number of anilines is 1. The molecule has 0 amide bonds. The fourth-order valence-electron chi connectivity index (χ4n) is 1.59. The van der Waals surface area contributed by atoms with Gasteiger partial charge in [-0.1, -0.05) is 29.3 Å². The second kappa shape index (κ2) is 4.84. The van der Waals surface area contributed by atoms with E-state index in [4.69, 9.17) is 34.0 Å². The average molecular weight is 283 g/mol. The smallest absolute Gasteiger partial charge is 0.355 e. The summed E-state index contributed by atoms with van der Waals surface area (Å²) in [6.45, 7) is 0. The first-order valence-electron chi connectivity index (χ1n) is 4.95. The molecule has 4 nitrogen and oxygen atoms in total. The quantitative estimate of drug-likeness (QED) is 0.886. The van der Waals surface area contributed by atoms with Crippen LogP contribution in [0.1, 0.15) is 10.5 Å². The highest BCUT2D eigenvalue weighted by atomic mass is 35.5. The molecule has 0 fully saturated rings. The predicted octanol–water partition coefficient (Wildman–Crippen LogP) is 3.34. The highest BCUT2D eigenvalue weighted by molar-refractivity contribution is 6.39. The molecule has 0 unspecified atom stereocenters. The Bertz CT molecular complexity index is 609. The zero-order valence-electron chi connectivity index (χ0n) is 9.02. The van der Waals surface area contributed by atoms with Crippen molar-refractivity contribution in [3.05, 3.63) is 46.1 Å². The van der Waals surface area contributed by atoms with Gasteiger partial charge in [0.15, 0.2) is 5.69 Å². The lowest BCUT2D eigenvalue weighted by Gasteiger charge is -2.10. The maximum absolute atomic E-state index is 11.2. The summed E-state index contributed by atoms with van der Waals surface area (Å²) in [6.07, 6.45) is 0. The minimum atomic E-state index is -1.19. The number of halogens is 2. The zero-order valence-corrected chi connectivity index (χ0v) is 10.5. The first-order valence-corrected chi connectivity index (χ1v) is 5.70. The van der Waals surface area contributed by atoms with Gasteiger partial charge in [-0.3, -0.25) is 0 Å². The number of nitrogen functional groups attached to an aromatic ring is 1. The first-order chi connectivity index (χ1) is 8.50. The van der Waals surface area contributed by atoms with Gasteiger partial charge in [-0.05, 0) is 24.3 Å². The highest BCUT2D eigenvalue weighted by Gasteiger charge is 2.18. The SMILES string of the molecule is Nc1ccc(-c2c(Cl)cccc2Cl)c(C(=O)O)n1. The van der Waals surface area contributed by atoms with Gasteiger partial charge in [0.1, 0.15) is 5.82 Å². The van der Waals surface area contributed by atoms with Crippen LogP contribution in [0.25, 0.3) is 11.1 Å². The number of nitrogens with zero attached hydrogens (tertiary/aromatic N) is 1. The zero-order chi connectivity index (χ0) is 13.3. The van der Waals surface area contributed by atoms with Crippen molar-refractivity contribution in [2.45, 2.75) is 0 Å². The second-order valence-corrected chi connectivity index (χ2v) is 4.35. The van der Waals surface area contributed by atoms with Crippen LogP contribution in [0, 0.1) is 0 Å². The largest absolute Gasteiger partial charge is 0.476 e. The maximum atomic E-state index is 11.2. The third kappa shape index (κ3) is 2.25. The van der Waals surface area contributed by atoms with Crippen LogP contribution in [0.5, 0.6) is 0 Å². The lowest BCUT2D eigenvalue weighted by molar-refractivity contribution is 0.0691. The van der Waals surface area contributed by atoms with Crippen LogP contribution in [0.15, 0.2) is 30.3 Å². The standard InChI is InChI=1S/C12H8Cl2N2O2/c13-7-2-1-3-8(14)10(7)6-4-5-9(15)16-11(6)12(17)18/h1-5H,(H2,15,16)(H,17,18). The van der Waals surface area contributed by atoms with Gasteiger partial charge in [0.05, 0.1) is 0 Å². The molecular formula is C12H8Cl2N2O2. The number of pyridine rings is 1. The summed E-state index contributed by atoms with van der Waals surface area (Å²) >= 11 is 12.1. The Morgan fingerprint density at radius 2 is 1.78 bits per heavy atom. The van der Waals surface area contributed by atoms with E-state index < -0.39 is 5.97 Å². The molecule has 1 aromatic heterocycles. The van der Waals surface area contributed by atoms with E-state index in [0.29, 0.717) is 21.2 Å². The number of aromatic carboxylic acids is 1. The molecule has 2 aromatic rings. The van der Waals surface area contributed by atoms with Crippen molar-refractivity contribution in [3.8, 4) is 11.1 Å². The van der Waals surface area contributed by atoms with Crippen LogP contribution in [0.4, 0.5) is 5.82 Å². The molecule has 3 N–H and O–H groups in total. The summed E-state index contributed by atoms with van der Waals surface area (Å²) in [6, 6.07) is 7.98. The summed E-state index contributed by atoms with van der Waals surface area (Å²) in [5.41, 5.74) is 6.08. The van der Waals surface area contributed by atoms with Crippen LogP contribution in [-0.4, -0.2) is 16.1 Å². The van der Waals surface area contributed by atoms with Crippen molar-refractivity contribution in [3.63, 3.8) is 0 Å². The lowest BCUT2D eigenvalue weighted by Crippen LogP contribution is -2.05. The first kappa shape index (κ1) is 12.7. The Morgan fingerprint density at radius 3 is 2.33 bits per heavy atom. The number of carboxylic acid groups (broad SMARTS) is 1. The fraction of sp³-hybridized carbons (Fsp3) is 0. The number of nitrogens with two attached hydrogens (primary N) is 1. The molecule has 2 rings (SSSR count). The van der Waals surface area contributed by atoms with E-state index in [9.17, 15) is 4.79 Å². The van der Waals surface area contributed by atoms with Crippen molar-refractivity contribution in [2.75, 3.05) is 5.73 Å². The molecule has 1 aromatic carbocycles. The predicted molar refractivity (Wildman–Crippen MR) is 71.1 cm³/mol. The molecule has 0 saturated carbocycles. The number of aromatic nitrogens is 1. The van der Waals surface area contributed by atoms with Gasteiger partial charge in [0.2, 0.25) is 0 Å². The monoisotopic (exact) mass is 282 g/mol. The van der Waals surface area contributed by atoms with Crippen LogP contribution < -0.4 is 5.73 Å². The number of hydrogen-bond donors (Lipinski definition) is 2. The average Bonchev–Trinajstić information content (AvgIpc) is 2.30. The van der Waals surface area contributed by atoms with Crippen LogP contribution >= 0.6 is 23.2 Å². The summed E-state index contributed by atoms with van der Waals surface area (Å²) in [4.78, 5) is 15.0. The normalized spacial score (nSPS) is 10.3. The van der Waals surface area contributed by atoms with Gasteiger partial charge >= 0.3 is 5.97 Å². The molecule has 6 heteroatoms. The van der Waals surface area contributed by atoms with E-state index in [1.165, 1.54) is 6.07 Å². The van der Waals surface area contributed by atoms with Gasteiger partial charge < -0.3 is 10.8 Å². The lowest BCUT2D eigenvalue weighted by atomic mass is 10.0. The summed E-state index contributed by atoms with van der Waals surface area (Å²) in [7, 11) is 0. The van der Waals surface area contributed by atoms with E-state index in [0.717, 1.165) is 0 Å². The molecule has 18 heavy (non-hydrogen) atoms.